The van der Waals surface area contributed by atoms with E-state index in [2.05, 4.69) is 16.8 Å². The van der Waals surface area contributed by atoms with Crippen molar-refractivity contribution in [1.82, 2.24) is 4.98 Å². The summed E-state index contributed by atoms with van der Waals surface area (Å²) in [6.07, 6.45) is 5.06. The summed E-state index contributed by atoms with van der Waals surface area (Å²) in [7, 11) is 0. The van der Waals surface area contributed by atoms with Crippen LogP contribution in [0.5, 0.6) is 5.88 Å². The average molecular weight is 277 g/mol. The van der Waals surface area contributed by atoms with Gasteiger partial charge in [0.05, 0.1) is 5.69 Å². The molecule has 0 aliphatic carbocycles. The van der Waals surface area contributed by atoms with E-state index in [1.165, 1.54) is 25.7 Å². The molecule has 0 spiro atoms. The Hall–Kier alpha value is -1.45. The third kappa shape index (κ3) is 3.78. The van der Waals surface area contributed by atoms with Gasteiger partial charge in [-0.15, -0.1) is 0 Å². The van der Waals surface area contributed by atoms with E-state index < -0.39 is 0 Å². The first-order chi connectivity index (χ1) is 9.37. The van der Waals surface area contributed by atoms with E-state index >= 15 is 0 Å². The molecule has 4 nitrogen and oxygen atoms in total. The predicted molar refractivity (Wildman–Crippen MR) is 84.3 cm³/mol. The van der Waals surface area contributed by atoms with Gasteiger partial charge in [0.25, 0.3) is 0 Å². The molecule has 2 rings (SSSR count). The molecule has 1 aliphatic heterocycles. The molecule has 1 saturated heterocycles. The van der Waals surface area contributed by atoms with Crippen molar-refractivity contribution in [1.29, 1.82) is 0 Å². The number of hydrogen-bond donors (Lipinski definition) is 1. The Morgan fingerprint density at radius 1 is 1.25 bits per heavy atom. The molecule has 1 atom stereocenters. The molecule has 0 radical (unpaired) electrons. The standard InChI is InChI=1S/C16H27N3O/c1-12-8-6-5-7-11-19(12)14-10-9-13(17)15(18-14)20-16(2,3)4/h9-10,12H,5-8,11,17H2,1-4H3. The number of hydrogen-bond acceptors (Lipinski definition) is 4. The van der Waals surface area contributed by atoms with E-state index in [9.17, 15) is 0 Å². The molecule has 2 heterocycles. The van der Waals surface area contributed by atoms with Crippen LogP contribution in [-0.2, 0) is 0 Å². The number of anilines is 2. The molecule has 0 amide bonds. The van der Waals surface area contributed by atoms with Crippen LogP contribution in [0.25, 0.3) is 0 Å². The van der Waals surface area contributed by atoms with Crippen LogP contribution >= 0.6 is 0 Å². The smallest absolute Gasteiger partial charge is 0.239 e. The second-order valence-corrected chi connectivity index (χ2v) is 6.67. The number of nitrogen functional groups attached to an aromatic ring is 1. The van der Waals surface area contributed by atoms with E-state index in [1.54, 1.807) is 0 Å². The van der Waals surface area contributed by atoms with Crippen molar-refractivity contribution < 1.29 is 4.74 Å². The van der Waals surface area contributed by atoms with Crippen LogP contribution in [0.3, 0.4) is 0 Å². The van der Waals surface area contributed by atoms with Crippen LogP contribution in [0.15, 0.2) is 12.1 Å². The first-order valence-corrected chi connectivity index (χ1v) is 7.59. The normalized spacial score (nSPS) is 20.6. The Morgan fingerprint density at radius 2 is 2.00 bits per heavy atom. The molecule has 1 fully saturated rings. The minimum atomic E-state index is -0.288. The lowest BCUT2D eigenvalue weighted by molar-refractivity contribution is 0.125. The van der Waals surface area contributed by atoms with Gasteiger partial charge in [0, 0.05) is 12.6 Å². The number of pyridine rings is 1. The minimum absolute atomic E-state index is 0.288. The lowest BCUT2D eigenvalue weighted by Crippen LogP contribution is -2.33. The monoisotopic (exact) mass is 277 g/mol. The predicted octanol–water partition coefficient (Wildman–Crippen LogP) is 3.61. The summed E-state index contributed by atoms with van der Waals surface area (Å²) in [5, 5.41) is 0. The van der Waals surface area contributed by atoms with Crippen molar-refractivity contribution in [3.05, 3.63) is 12.1 Å². The topological polar surface area (TPSA) is 51.4 Å². The Morgan fingerprint density at radius 3 is 2.70 bits per heavy atom. The summed E-state index contributed by atoms with van der Waals surface area (Å²) in [5.74, 6) is 1.53. The zero-order valence-corrected chi connectivity index (χ0v) is 13.1. The number of ether oxygens (including phenoxy) is 1. The Labute approximate surface area is 122 Å². The van der Waals surface area contributed by atoms with E-state index in [4.69, 9.17) is 10.5 Å². The first kappa shape index (κ1) is 14.9. The van der Waals surface area contributed by atoms with Gasteiger partial charge in [-0.1, -0.05) is 12.8 Å². The van der Waals surface area contributed by atoms with Crippen molar-refractivity contribution in [2.24, 2.45) is 0 Å². The zero-order valence-electron chi connectivity index (χ0n) is 13.1. The Bertz CT molecular complexity index is 454. The van der Waals surface area contributed by atoms with Crippen LogP contribution < -0.4 is 15.4 Å². The maximum absolute atomic E-state index is 5.99. The van der Waals surface area contributed by atoms with Gasteiger partial charge in [0.15, 0.2) is 0 Å². The molecule has 1 unspecified atom stereocenters. The molecule has 1 aromatic heterocycles. The zero-order chi connectivity index (χ0) is 14.8. The molecule has 2 N–H and O–H groups in total. The summed E-state index contributed by atoms with van der Waals surface area (Å²) in [6, 6.07) is 4.43. The molecule has 0 aromatic carbocycles. The van der Waals surface area contributed by atoms with Gasteiger partial charge < -0.3 is 15.4 Å². The highest BCUT2D eigenvalue weighted by molar-refractivity contribution is 5.55. The van der Waals surface area contributed by atoms with E-state index in [1.807, 2.05) is 32.9 Å². The number of rotatable bonds is 2. The Kier molecular flexibility index (Phi) is 4.41. The maximum atomic E-state index is 5.99. The molecule has 1 aromatic rings. The quantitative estimate of drug-likeness (QED) is 0.897. The average Bonchev–Trinajstić information content (AvgIpc) is 2.55. The van der Waals surface area contributed by atoms with Crippen molar-refractivity contribution in [3.8, 4) is 5.88 Å². The van der Waals surface area contributed by atoms with Crippen molar-refractivity contribution >= 4 is 11.5 Å². The van der Waals surface area contributed by atoms with Gasteiger partial charge in [-0.25, -0.2) is 0 Å². The van der Waals surface area contributed by atoms with Crippen molar-refractivity contribution in [2.45, 2.75) is 65.0 Å². The highest BCUT2D eigenvalue weighted by Crippen LogP contribution is 2.29. The molecule has 1 aliphatic rings. The summed E-state index contributed by atoms with van der Waals surface area (Å²) < 4.78 is 5.87. The van der Waals surface area contributed by atoms with Gasteiger partial charge >= 0.3 is 0 Å². The lowest BCUT2D eigenvalue weighted by atomic mass is 10.1. The van der Waals surface area contributed by atoms with Gasteiger partial charge in [-0.05, 0) is 52.7 Å². The van der Waals surface area contributed by atoms with Gasteiger partial charge in [-0.3, -0.25) is 0 Å². The van der Waals surface area contributed by atoms with Gasteiger partial charge in [0.2, 0.25) is 5.88 Å². The largest absolute Gasteiger partial charge is 0.470 e. The third-order valence-corrected chi connectivity index (χ3v) is 3.63. The fraction of sp³-hybridized carbons (Fsp3) is 0.688. The number of nitrogens with two attached hydrogens (primary N) is 1. The number of aromatic nitrogens is 1. The molecule has 4 heteroatoms. The molecular weight excluding hydrogens is 250 g/mol. The van der Waals surface area contributed by atoms with Gasteiger partial charge in [0.1, 0.15) is 11.4 Å². The maximum Gasteiger partial charge on any atom is 0.239 e. The third-order valence-electron chi connectivity index (χ3n) is 3.63. The summed E-state index contributed by atoms with van der Waals surface area (Å²) >= 11 is 0. The number of nitrogens with zero attached hydrogens (tertiary/aromatic N) is 2. The Balaban J connectivity index is 2.25. The SMILES string of the molecule is CC1CCCCCN1c1ccc(N)c(OC(C)(C)C)n1. The first-order valence-electron chi connectivity index (χ1n) is 7.59. The summed E-state index contributed by atoms with van der Waals surface area (Å²) in [6.45, 7) is 9.36. The fourth-order valence-electron chi connectivity index (χ4n) is 2.59. The highest BCUT2D eigenvalue weighted by Gasteiger charge is 2.21. The second-order valence-electron chi connectivity index (χ2n) is 6.67. The van der Waals surface area contributed by atoms with E-state index in [0.717, 1.165) is 12.4 Å². The summed E-state index contributed by atoms with van der Waals surface area (Å²) in [4.78, 5) is 7.03. The lowest BCUT2D eigenvalue weighted by Gasteiger charge is -2.29. The van der Waals surface area contributed by atoms with E-state index in [-0.39, 0.29) is 5.60 Å². The van der Waals surface area contributed by atoms with Crippen LogP contribution in [0, 0.1) is 0 Å². The van der Waals surface area contributed by atoms with Crippen molar-refractivity contribution in [2.75, 3.05) is 17.2 Å². The van der Waals surface area contributed by atoms with Crippen molar-refractivity contribution in [3.63, 3.8) is 0 Å². The van der Waals surface area contributed by atoms with Crippen LogP contribution in [0.1, 0.15) is 53.4 Å². The molecule has 0 bridgehead atoms. The minimum Gasteiger partial charge on any atom is -0.470 e. The fourth-order valence-corrected chi connectivity index (χ4v) is 2.59. The van der Waals surface area contributed by atoms with Crippen LogP contribution in [0.4, 0.5) is 11.5 Å². The van der Waals surface area contributed by atoms with Crippen LogP contribution in [0.2, 0.25) is 0 Å². The molecule has 0 saturated carbocycles. The molecule has 112 valence electrons. The van der Waals surface area contributed by atoms with Gasteiger partial charge in [-0.2, -0.15) is 4.98 Å². The van der Waals surface area contributed by atoms with E-state index in [0.29, 0.717) is 17.6 Å². The molecular formula is C16H27N3O. The summed E-state index contributed by atoms with van der Waals surface area (Å²) in [5.41, 5.74) is 6.30. The molecule has 20 heavy (non-hydrogen) atoms. The van der Waals surface area contributed by atoms with Crippen LogP contribution in [-0.4, -0.2) is 23.2 Å². The second kappa shape index (κ2) is 5.90. The highest BCUT2D eigenvalue weighted by atomic mass is 16.5.